The number of nitrogens with two attached hydrogens (primary N) is 1. The van der Waals surface area contributed by atoms with E-state index in [0.717, 1.165) is 0 Å². The van der Waals surface area contributed by atoms with Crippen molar-refractivity contribution in [3.63, 3.8) is 0 Å². The van der Waals surface area contributed by atoms with Gasteiger partial charge in [0.1, 0.15) is 35.2 Å². The third-order valence-electron chi connectivity index (χ3n) is 8.23. The van der Waals surface area contributed by atoms with E-state index >= 15 is 4.39 Å². The van der Waals surface area contributed by atoms with Gasteiger partial charge in [0.2, 0.25) is 5.91 Å². The Balaban J connectivity index is 1.54. The zero-order chi connectivity index (χ0) is 29.1. The van der Waals surface area contributed by atoms with Crippen LogP contribution in [0.1, 0.15) is 45.1 Å². The van der Waals surface area contributed by atoms with Gasteiger partial charge in [0.25, 0.3) is 0 Å². The number of primary amides is 1. The lowest BCUT2D eigenvalue weighted by molar-refractivity contribution is -0.124. The number of aromatic hydroxyl groups is 1. The molecule has 1 aliphatic heterocycles. The molecule has 0 spiro atoms. The summed E-state index contributed by atoms with van der Waals surface area (Å²) in [6, 6.07) is 5.58. The highest BCUT2D eigenvalue weighted by Crippen LogP contribution is 2.46. The second-order valence-electron chi connectivity index (χ2n) is 11.4. The van der Waals surface area contributed by atoms with E-state index in [1.165, 1.54) is 30.5 Å². The van der Waals surface area contributed by atoms with Gasteiger partial charge in [-0.05, 0) is 73.6 Å². The normalized spacial score (nSPS) is 20.0. The number of ether oxygens (including phenoxy) is 1. The summed E-state index contributed by atoms with van der Waals surface area (Å²) in [6.45, 7) is 4.31. The van der Waals surface area contributed by atoms with Gasteiger partial charge in [0.15, 0.2) is 5.82 Å². The maximum Gasteiger partial charge on any atom is 0.319 e. The van der Waals surface area contributed by atoms with E-state index in [1.54, 1.807) is 13.8 Å². The molecule has 0 radical (unpaired) electrons. The number of benzene rings is 2. The molecule has 1 unspecified atom stereocenters. The van der Waals surface area contributed by atoms with Crippen LogP contribution in [0, 0.1) is 17.0 Å². The van der Waals surface area contributed by atoms with Crippen LogP contribution >= 0.6 is 0 Å². The van der Waals surface area contributed by atoms with Crippen molar-refractivity contribution >= 4 is 33.4 Å². The summed E-state index contributed by atoms with van der Waals surface area (Å²) < 4.78 is 37.2. The Labute approximate surface area is 235 Å². The van der Waals surface area contributed by atoms with Gasteiger partial charge in [0.05, 0.1) is 16.4 Å². The Morgan fingerprint density at radius 3 is 2.66 bits per heavy atom. The first-order chi connectivity index (χ1) is 19.5. The number of β-amino-alcohol motifs (C(OH)–C–C–N with tert-alkyl or cyclic N) is 1. The molecule has 2 fully saturated rings. The van der Waals surface area contributed by atoms with E-state index in [9.17, 15) is 19.4 Å². The number of aromatic nitrogens is 3. The Bertz CT molecular complexity index is 1710. The zero-order valence-electron chi connectivity index (χ0n) is 22.9. The molecule has 1 amide bonds. The number of rotatable bonds is 7. The number of aryl methyl sites for hydroxylation is 1. The number of anilines is 1. The summed E-state index contributed by atoms with van der Waals surface area (Å²) in [6.07, 6.45) is 4.25. The molecule has 3 heterocycles. The highest BCUT2D eigenvalue weighted by Gasteiger charge is 2.49. The number of hydrogen-bond acceptors (Lipinski definition) is 8. The third-order valence-corrected chi connectivity index (χ3v) is 8.23. The molecule has 41 heavy (non-hydrogen) atoms. The number of pyridine rings is 1. The molecule has 1 saturated heterocycles. The van der Waals surface area contributed by atoms with E-state index in [1.807, 2.05) is 4.90 Å². The molecule has 2 aromatic heterocycles. The first-order valence-electron chi connectivity index (χ1n) is 13.7. The van der Waals surface area contributed by atoms with Crippen LogP contribution in [0.3, 0.4) is 0 Å². The van der Waals surface area contributed by atoms with Crippen LogP contribution in [0.25, 0.3) is 32.9 Å². The van der Waals surface area contributed by atoms with Crippen LogP contribution in [-0.2, 0) is 11.2 Å². The van der Waals surface area contributed by atoms with Gasteiger partial charge < -0.3 is 25.6 Å². The van der Waals surface area contributed by atoms with Crippen molar-refractivity contribution in [2.45, 2.75) is 51.6 Å². The Morgan fingerprint density at radius 1 is 1.20 bits per heavy atom. The smallest absolute Gasteiger partial charge is 0.319 e. The topological polar surface area (TPSA) is 135 Å². The molecule has 2 aromatic carbocycles. The van der Waals surface area contributed by atoms with Gasteiger partial charge >= 0.3 is 6.01 Å². The number of halogens is 2. The van der Waals surface area contributed by atoms with Crippen LogP contribution in [-0.4, -0.2) is 56.4 Å². The average Bonchev–Trinajstić information content (AvgIpc) is 3.73. The maximum atomic E-state index is 16.5. The number of amides is 1. The summed E-state index contributed by atoms with van der Waals surface area (Å²) in [4.78, 5) is 27.1. The van der Waals surface area contributed by atoms with E-state index in [2.05, 4.69) is 15.0 Å². The molecular weight excluding hydrogens is 532 g/mol. The Hall–Kier alpha value is -4.12. The quantitative estimate of drug-likeness (QED) is 0.302. The molecule has 9 nitrogen and oxygen atoms in total. The summed E-state index contributed by atoms with van der Waals surface area (Å²) in [5.41, 5.74) is 4.18. The van der Waals surface area contributed by atoms with Crippen LogP contribution in [0.15, 0.2) is 30.5 Å². The minimum atomic E-state index is -0.979. The van der Waals surface area contributed by atoms with Gasteiger partial charge in [-0.15, -0.1) is 0 Å². The molecule has 1 atom stereocenters. The molecule has 11 heteroatoms. The predicted octanol–water partition coefficient (Wildman–Crippen LogP) is 4.39. The molecule has 214 valence electrons. The molecule has 1 aliphatic carbocycles. The van der Waals surface area contributed by atoms with Crippen molar-refractivity contribution in [2.75, 3.05) is 24.6 Å². The fourth-order valence-electron chi connectivity index (χ4n) is 5.76. The average molecular weight is 564 g/mol. The summed E-state index contributed by atoms with van der Waals surface area (Å²) in [5.74, 6) is -1.49. The summed E-state index contributed by atoms with van der Waals surface area (Å²) in [5, 5.41) is 22.5. The number of hydrogen-bond donors (Lipinski definition) is 3. The number of fused-ring (bicyclic) bond motifs is 2. The fourth-order valence-corrected chi connectivity index (χ4v) is 5.76. The molecule has 6 rings (SSSR count). The lowest BCUT2D eigenvalue weighted by Crippen LogP contribution is -2.46. The summed E-state index contributed by atoms with van der Waals surface area (Å²) >= 11 is 0. The molecule has 4 N–H and O–H groups in total. The third kappa shape index (κ3) is 4.77. The lowest BCUT2D eigenvalue weighted by Gasteiger charge is -2.37. The maximum absolute atomic E-state index is 16.5. The fraction of sp³-hybridized carbons (Fsp3) is 0.400. The largest absolute Gasteiger partial charge is 0.508 e. The van der Waals surface area contributed by atoms with Crippen LogP contribution < -0.4 is 15.4 Å². The first-order valence-corrected chi connectivity index (χ1v) is 13.7. The van der Waals surface area contributed by atoms with Crippen molar-refractivity contribution in [1.82, 2.24) is 15.0 Å². The minimum absolute atomic E-state index is 0.0408. The first kappa shape index (κ1) is 27.1. The number of aliphatic hydroxyl groups is 1. The van der Waals surface area contributed by atoms with Gasteiger partial charge in [-0.25, -0.2) is 8.78 Å². The minimum Gasteiger partial charge on any atom is -0.508 e. The van der Waals surface area contributed by atoms with Crippen LogP contribution in [0.5, 0.6) is 11.8 Å². The Morgan fingerprint density at radius 2 is 1.98 bits per heavy atom. The van der Waals surface area contributed by atoms with Crippen molar-refractivity contribution in [3.8, 4) is 23.0 Å². The number of carbonyl (C=O) groups is 1. The zero-order valence-corrected chi connectivity index (χ0v) is 22.9. The molecular formula is C30H31F2N5O4. The monoisotopic (exact) mass is 563 g/mol. The van der Waals surface area contributed by atoms with Gasteiger partial charge in [-0.1, -0.05) is 13.0 Å². The van der Waals surface area contributed by atoms with Gasteiger partial charge in [0, 0.05) is 24.8 Å². The predicted molar refractivity (Wildman–Crippen MR) is 150 cm³/mol. The number of phenolic OH excluding ortho intramolecular Hbond substituents is 1. The van der Waals surface area contributed by atoms with Crippen molar-refractivity contribution < 1.29 is 28.5 Å². The number of nitrogens with zero attached hydrogens (tertiary/aromatic N) is 4. The standard InChI is InChI=1S/C30H31F2N5O4/c1-3-18-21(31)6-5-16-11-17(38)12-19(22(16)18)24-23(32)25-20(13-34-24)26(37-10-4-7-29(2,40)14-37)36-28(35-25)41-15-30(8-9-30)27(33)39/h5-6,11-13,38,40H,3-4,7-10,14-15H2,1-2H3,(H2,33,39). The highest BCUT2D eigenvalue weighted by molar-refractivity contribution is 6.01. The second-order valence-corrected chi connectivity index (χ2v) is 11.4. The van der Waals surface area contributed by atoms with E-state index in [-0.39, 0.29) is 41.7 Å². The van der Waals surface area contributed by atoms with Gasteiger partial charge in [-0.2, -0.15) is 9.97 Å². The number of phenols is 1. The number of piperidine rings is 1. The van der Waals surface area contributed by atoms with E-state index in [4.69, 9.17) is 10.5 Å². The van der Waals surface area contributed by atoms with Crippen molar-refractivity contribution in [2.24, 2.45) is 11.1 Å². The summed E-state index contributed by atoms with van der Waals surface area (Å²) in [7, 11) is 0. The molecule has 1 saturated carbocycles. The second kappa shape index (κ2) is 9.76. The molecule has 2 aliphatic rings. The van der Waals surface area contributed by atoms with Gasteiger partial charge in [-0.3, -0.25) is 9.78 Å². The van der Waals surface area contributed by atoms with E-state index < -0.39 is 28.6 Å². The van der Waals surface area contributed by atoms with E-state index in [0.29, 0.717) is 66.2 Å². The van der Waals surface area contributed by atoms with Crippen molar-refractivity contribution in [3.05, 3.63) is 47.7 Å². The molecule has 4 aromatic rings. The highest BCUT2D eigenvalue weighted by atomic mass is 19.1. The Kier molecular flexibility index (Phi) is 6.44. The van der Waals surface area contributed by atoms with Crippen molar-refractivity contribution in [1.29, 1.82) is 0 Å². The SMILES string of the molecule is CCc1c(F)ccc2cc(O)cc(-c3ncc4c(N5CCCC(C)(O)C5)nc(OCC5(C(N)=O)CC5)nc4c3F)c12. The number of carbonyl (C=O) groups excluding carboxylic acids is 1. The lowest BCUT2D eigenvalue weighted by atomic mass is 9.94. The van der Waals surface area contributed by atoms with Crippen LogP contribution in [0.2, 0.25) is 0 Å². The van der Waals surface area contributed by atoms with Crippen LogP contribution in [0.4, 0.5) is 14.6 Å². The molecule has 0 bridgehead atoms.